The lowest BCUT2D eigenvalue weighted by atomic mass is 10.2. The first kappa shape index (κ1) is 15.9. The summed E-state index contributed by atoms with van der Waals surface area (Å²) in [6.45, 7) is 15.6. The Bertz CT molecular complexity index is 188. The zero-order chi connectivity index (χ0) is 13.2. The van der Waals surface area contributed by atoms with E-state index >= 15 is 0 Å². The fourth-order valence-electron chi connectivity index (χ4n) is 2.57. The fourth-order valence-corrected chi connectivity index (χ4v) is 2.57. The Kier molecular flexibility index (Phi) is 8.64. The maximum atomic E-state index is 3.48. The summed E-state index contributed by atoms with van der Waals surface area (Å²) in [5.74, 6) is 0. The molecule has 108 valence electrons. The summed E-state index contributed by atoms with van der Waals surface area (Å²) in [6.07, 6.45) is 5.22. The molecule has 0 amide bonds. The van der Waals surface area contributed by atoms with Crippen LogP contribution in [-0.2, 0) is 0 Å². The largest absolute Gasteiger partial charge is 0.315 e. The number of nitrogens with one attached hydrogen (secondary N) is 1. The van der Waals surface area contributed by atoms with Crippen molar-refractivity contribution >= 4 is 0 Å². The third-order valence-corrected chi connectivity index (χ3v) is 4.15. The average Bonchev–Trinajstić information content (AvgIpc) is 2.66. The lowest BCUT2D eigenvalue weighted by molar-refractivity contribution is 0.166. The topological polar surface area (TPSA) is 18.5 Å². The van der Waals surface area contributed by atoms with E-state index < -0.39 is 0 Å². The Labute approximate surface area is 114 Å². The molecule has 1 unspecified atom stereocenters. The van der Waals surface area contributed by atoms with E-state index in [0.717, 1.165) is 12.6 Å². The van der Waals surface area contributed by atoms with E-state index in [2.05, 4.69) is 35.9 Å². The van der Waals surface area contributed by atoms with Crippen molar-refractivity contribution in [3.8, 4) is 0 Å². The van der Waals surface area contributed by atoms with Crippen LogP contribution in [0, 0.1) is 0 Å². The molecule has 1 aliphatic rings. The maximum absolute atomic E-state index is 3.48. The molecule has 0 radical (unpaired) electrons. The molecule has 3 nitrogen and oxygen atoms in total. The highest BCUT2D eigenvalue weighted by Gasteiger charge is 2.14. The molecule has 0 saturated carbocycles. The van der Waals surface area contributed by atoms with Gasteiger partial charge in [0.25, 0.3) is 0 Å². The quantitative estimate of drug-likeness (QED) is 0.717. The normalized spacial score (nSPS) is 20.0. The summed E-state index contributed by atoms with van der Waals surface area (Å²) < 4.78 is 0. The van der Waals surface area contributed by atoms with Gasteiger partial charge in [-0.3, -0.25) is 4.90 Å². The zero-order valence-electron chi connectivity index (χ0n) is 12.7. The Hall–Kier alpha value is -0.120. The minimum atomic E-state index is 0.738. The summed E-state index contributed by atoms with van der Waals surface area (Å²) in [7, 11) is 0. The third-order valence-electron chi connectivity index (χ3n) is 4.15. The molecule has 1 saturated heterocycles. The van der Waals surface area contributed by atoms with Crippen LogP contribution in [-0.4, -0.2) is 61.7 Å². The second-order valence-electron chi connectivity index (χ2n) is 5.59. The van der Waals surface area contributed by atoms with E-state index in [0.29, 0.717) is 0 Å². The molecular weight excluding hydrogens is 222 g/mol. The predicted molar refractivity (Wildman–Crippen MR) is 80.2 cm³/mol. The van der Waals surface area contributed by atoms with Crippen LogP contribution >= 0.6 is 0 Å². The Morgan fingerprint density at radius 2 is 2.00 bits per heavy atom. The third kappa shape index (κ3) is 6.17. The first-order chi connectivity index (χ1) is 8.77. The van der Waals surface area contributed by atoms with Gasteiger partial charge in [-0.15, -0.1) is 0 Å². The van der Waals surface area contributed by atoms with Gasteiger partial charge in [-0.2, -0.15) is 0 Å². The molecule has 18 heavy (non-hydrogen) atoms. The summed E-state index contributed by atoms with van der Waals surface area (Å²) in [5.41, 5.74) is 0. The second-order valence-corrected chi connectivity index (χ2v) is 5.59. The van der Waals surface area contributed by atoms with E-state index in [1.165, 1.54) is 65.0 Å². The van der Waals surface area contributed by atoms with E-state index in [9.17, 15) is 0 Å². The molecule has 0 aromatic carbocycles. The molecular formula is C15H33N3. The van der Waals surface area contributed by atoms with Gasteiger partial charge < -0.3 is 10.2 Å². The SMILES string of the molecule is CCCCN(CCN1CCCNCC1)C(C)CC. The van der Waals surface area contributed by atoms with Crippen LogP contribution in [0.1, 0.15) is 46.5 Å². The molecule has 0 spiro atoms. The molecule has 1 atom stereocenters. The van der Waals surface area contributed by atoms with Gasteiger partial charge in [0.15, 0.2) is 0 Å². The van der Waals surface area contributed by atoms with Gasteiger partial charge in [0.05, 0.1) is 0 Å². The lowest BCUT2D eigenvalue weighted by Crippen LogP contribution is -2.41. The van der Waals surface area contributed by atoms with Gasteiger partial charge in [0.1, 0.15) is 0 Å². The smallest absolute Gasteiger partial charge is 0.0112 e. The van der Waals surface area contributed by atoms with E-state index in [1.54, 1.807) is 0 Å². The van der Waals surface area contributed by atoms with Crippen LogP contribution in [0.5, 0.6) is 0 Å². The van der Waals surface area contributed by atoms with Crippen molar-refractivity contribution in [2.45, 2.75) is 52.5 Å². The molecule has 0 aromatic heterocycles. The highest BCUT2D eigenvalue weighted by Crippen LogP contribution is 2.06. The van der Waals surface area contributed by atoms with Crippen LogP contribution in [0.3, 0.4) is 0 Å². The summed E-state index contributed by atoms with van der Waals surface area (Å²) in [4.78, 5) is 5.31. The van der Waals surface area contributed by atoms with E-state index in [1.807, 2.05) is 0 Å². The van der Waals surface area contributed by atoms with Gasteiger partial charge in [-0.05, 0) is 45.8 Å². The number of rotatable bonds is 8. The zero-order valence-corrected chi connectivity index (χ0v) is 12.7. The van der Waals surface area contributed by atoms with Crippen molar-refractivity contribution in [2.24, 2.45) is 0 Å². The van der Waals surface area contributed by atoms with Crippen molar-refractivity contribution < 1.29 is 0 Å². The van der Waals surface area contributed by atoms with Crippen molar-refractivity contribution in [2.75, 3.05) is 45.8 Å². The van der Waals surface area contributed by atoms with Gasteiger partial charge in [0.2, 0.25) is 0 Å². The highest BCUT2D eigenvalue weighted by molar-refractivity contribution is 4.71. The van der Waals surface area contributed by atoms with E-state index in [4.69, 9.17) is 0 Å². The molecule has 1 N–H and O–H groups in total. The highest BCUT2D eigenvalue weighted by atomic mass is 15.2. The molecule has 0 aliphatic carbocycles. The lowest BCUT2D eigenvalue weighted by Gasteiger charge is -2.31. The molecule has 1 aliphatic heterocycles. The van der Waals surface area contributed by atoms with Crippen molar-refractivity contribution in [1.82, 2.24) is 15.1 Å². The summed E-state index contributed by atoms with van der Waals surface area (Å²) in [5, 5.41) is 3.48. The second kappa shape index (κ2) is 9.76. The Morgan fingerprint density at radius 3 is 2.72 bits per heavy atom. The van der Waals surface area contributed by atoms with Crippen LogP contribution in [0.4, 0.5) is 0 Å². The predicted octanol–water partition coefficient (Wildman–Crippen LogP) is 2.18. The average molecular weight is 255 g/mol. The molecule has 0 aromatic rings. The van der Waals surface area contributed by atoms with Crippen LogP contribution in [0.2, 0.25) is 0 Å². The molecule has 1 fully saturated rings. The number of hydrogen-bond acceptors (Lipinski definition) is 3. The minimum Gasteiger partial charge on any atom is -0.315 e. The van der Waals surface area contributed by atoms with Gasteiger partial charge in [-0.25, -0.2) is 0 Å². The summed E-state index contributed by atoms with van der Waals surface area (Å²) in [6, 6.07) is 0.738. The van der Waals surface area contributed by atoms with Crippen LogP contribution in [0.15, 0.2) is 0 Å². The van der Waals surface area contributed by atoms with Gasteiger partial charge >= 0.3 is 0 Å². The monoisotopic (exact) mass is 255 g/mol. The van der Waals surface area contributed by atoms with Crippen molar-refractivity contribution in [1.29, 1.82) is 0 Å². The molecule has 1 heterocycles. The summed E-state index contributed by atoms with van der Waals surface area (Å²) >= 11 is 0. The first-order valence-corrected chi connectivity index (χ1v) is 7.95. The molecule has 1 rings (SSSR count). The number of hydrogen-bond donors (Lipinski definition) is 1. The maximum Gasteiger partial charge on any atom is 0.0112 e. The van der Waals surface area contributed by atoms with Crippen LogP contribution < -0.4 is 5.32 Å². The van der Waals surface area contributed by atoms with Crippen molar-refractivity contribution in [3.63, 3.8) is 0 Å². The van der Waals surface area contributed by atoms with Gasteiger partial charge in [0, 0.05) is 32.2 Å². The number of unbranched alkanes of at least 4 members (excludes halogenated alkanes) is 1. The van der Waals surface area contributed by atoms with Gasteiger partial charge in [-0.1, -0.05) is 20.3 Å². The van der Waals surface area contributed by atoms with Crippen molar-refractivity contribution in [3.05, 3.63) is 0 Å². The molecule has 3 heteroatoms. The minimum absolute atomic E-state index is 0.738. The standard InChI is InChI=1S/C15H33N3/c1-4-6-11-18(15(3)5-2)14-13-17-10-7-8-16-9-12-17/h15-16H,4-14H2,1-3H3. The first-order valence-electron chi connectivity index (χ1n) is 7.95. The van der Waals surface area contributed by atoms with Crippen LogP contribution in [0.25, 0.3) is 0 Å². The molecule has 0 bridgehead atoms. The number of nitrogens with zero attached hydrogens (tertiary/aromatic N) is 2. The Morgan fingerprint density at radius 1 is 1.17 bits per heavy atom. The Balaban J connectivity index is 2.29. The fraction of sp³-hybridized carbons (Fsp3) is 1.00. The van der Waals surface area contributed by atoms with E-state index in [-0.39, 0.29) is 0 Å².